The average molecular weight is 469 g/mol. The van der Waals surface area contributed by atoms with Crippen LogP contribution in [-0.2, 0) is 20.8 Å². The number of halogens is 3. The minimum absolute atomic E-state index is 0.0297. The van der Waals surface area contributed by atoms with Crippen molar-refractivity contribution >= 4 is 33.0 Å². The summed E-state index contributed by atoms with van der Waals surface area (Å²) < 4.78 is 71.1. The number of hydrogen-bond acceptors (Lipinski definition) is 8. The molecule has 11 nitrogen and oxygen atoms in total. The summed E-state index contributed by atoms with van der Waals surface area (Å²) in [6.45, 7) is 1.40. The number of fused-ring (bicyclic) bond motifs is 2. The Kier molecular flexibility index (Phi) is 4.99. The number of nitrogens with one attached hydrogen (secondary N) is 1. The van der Waals surface area contributed by atoms with Crippen LogP contribution in [-0.4, -0.2) is 56.6 Å². The van der Waals surface area contributed by atoms with Crippen molar-refractivity contribution in [2.24, 2.45) is 0 Å². The molecule has 1 amide bonds. The predicted molar refractivity (Wildman–Crippen MR) is 104 cm³/mol. The molecule has 15 heteroatoms. The second-order valence-corrected chi connectivity index (χ2v) is 8.61. The molecule has 0 fully saturated rings. The van der Waals surface area contributed by atoms with Gasteiger partial charge in [0.2, 0.25) is 0 Å². The van der Waals surface area contributed by atoms with E-state index in [9.17, 15) is 26.4 Å². The van der Waals surface area contributed by atoms with E-state index >= 15 is 0 Å². The topological polar surface area (TPSA) is 133 Å². The average Bonchev–Trinajstić information content (AvgIpc) is 3.34. The highest BCUT2D eigenvalue weighted by Crippen LogP contribution is 2.32. The first-order valence-corrected chi connectivity index (χ1v) is 10.6. The smallest absolute Gasteiger partial charge is 0.417 e. The first-order valence-electron chi connectivity index (χ1n) is 8.94. The summed E-state index contributed by atoms with van der Waals surface area (Å²) in [5.41, 5.74) is -1.04. The van der Waals surface area contributed by atoms with E-state index in [-0.39, 0.29) is 34.3 Å². The van der Waals surface area contributed by atoms with Crippen molar-refractivity contribution < 1.29 is 31.1 Å². The summed E-state index contributed by atoms with van der Waals surface area (Å²) in [6, 6.07) is 3.30. The number of amides is 1. The number of nitrogens with zero attached hydrogens (tertiary/aromatic N) is 6. The van der Waals surface area contributed by atoms with E-state index in [4.69, 9.17) is 0 Å². The monoisotopic (exact) mass is 469 g/mol. The number of alkyl halides is 3. The molecular weight excluding hydrogens is 455 g/mol. The number of rotatable bonds is 4. The van der Waals surface area contributed by atoms with Gasteiger partial charge in [-0.15, -0.1) is 5.10 Å². The summed E-state index contributed by atoms with van der Waals surface area (Å²) in [6.07, 6.45) is -3.41. The van der Waals surface area contributed by atoms with Gasteiger partial charge in [0.15, 0.2) is 32.0 Å². The van der Waals surface area contributed by atoms with Crippen LogP contribution >= 0.6 is 0 Å². The largest absolute Gasteiger partial charge is 0.453 e. The molecular formula is C17H14F3N7O4S. The van der Waals surface area contributed by atoms with Gasteiger partial charge in [-0.3, -0.25) is 5.32 Å². The summed E-state index contributed by atoms with van der Waals surface area (Å²) >= 11 is 0. The van der Waals surface area contributed by atoms with E-state index in [1.54, 1.807) is 0 Å². The van der Waals surface area contributed by atoms with Crippen LogP contribution in [0.2, 0.25) is 0 Å². The molecule has 0 unspecified atom stereocenters. The fraction of sp³-hybridized carbons (Fsp3) is 0.235. The van der Waals surface area contributed by atoms with Gasteiger partial charge in [0.1, 0.15) is 11.4 Å². The van der Waals surface area contributed by atoms with E-state index in [0.717, 1.165) is 34.5 Å². The maximum Gasteiger partial charge on any atom is 0.417 e. The Morgan fingerprint density at radius 1 is 1.22 bits per heavy atom. The zero-order chi connectivity index (χ0) is 23.3. The van der Waals surface area contributed by atoms with Crippen LogP contribution in [0, 0.1) is 0 Å². The predicted octanol–water partition coefficient (Wildman–Crippen LogP) is 2.43. The van der Waals surface area contributed by atoms with Crippen molar-refractivity contribution in [1.82, 2.24) is 29.2 Å². The van der Waals surface area contributed by atoms with Crippen LogP contribution in [0.25, 0.3) is 22.7 Å². The molecule has 0 saturated heterocycles. The van der Waals surface area contributed by atoms with Crippen LogP contribution in [0.15, 0.2) is 35.6 Å². The highest BCUT2D eigenvalue weighted by atomic mass is 32.2. The molecule has 0 aliphatic carbocycles. The number of hydrogen-bond donors (Lipinski definition) is 1. The summed E-state index contributed by atoms with van der Waals surface area (Å²) in [4.78, 5) is 19.9. The Labute approximate surface area is 177 Å². The van der Waals surface area contributed by atoms with Crippen molar-refractivity contribution in [3.63, 3.8) is 0 Å². The molecule has 32 heavy (non-hydrogen) atoms. The molecule has 1 N–H and O–H groups in total. The Bertz CT molecular complexity index is 1460. The number of anilines is 1. The highest BCUT2D eigenvalue weighted by molar-refractivity contribution is 7.91. The molecule has 4 heterocycles. The zero-order valence-electron chi connectivity index (χ0n) is 16.5. The van der Waals surface area contributed by atoms with Crippen molar-refractivity contribution in [2.75, 3.05) is 18.2 Å². The SMILES string of the molecule is CCS(=O)(=O)c1nn2c(NC(=O)OC)ccnc2c1-c1nc2ccc(C(F)(F)F)cn2n1. The third-order valence-electron chi connectivity index (χ3n) is 4.46. The molecule has 0 spiro atoms. The van der Waals surface area contributed by atoms with E-state index < -0.39 is 32.7 Å². The Hall–Kier alpha value is -3.75. The normalized spacial score (nSPS) is 12.4. The van der Waals surface area contributed by atoms with Gasteiger partial charge in [-0.05, 0) is 18.2 Å². The number of carbonyl (C=O) groups is 1. The van der Waals surface area contributed by atoms with Crippen molar-refractivity contribution in [1.29, 1.82) is 0 Å². The fourth-order valence-corrected chi connectivity index (χ4v) is 3.86. The molecule has 0 radical (unpaired) electrons. The second kappa shape index (κ2) is 7.44. The molecule has 0 saturated carbocycles. The van der Waals surface area contributed by atoms with Gasteiger partial charge < -0.3 is 4.74 Å². The van der Waals surface area contributed by atoms with E-state index in [1.165, 1.54) is 19.2 Å². The van der Waals surface area contributed by atoms with Gasteiger partial charge in [0.05, 0.1) is 18.4 Å². The first kappa shape index (κ1) is 21.5. The van der Waals surface area contributed by atoms with Gasteiger partial charge in [-0.1, -0.05) is 6.92 Å². The minimum atomic E-state index is -4.60. The maximum atomic E-state index is 13.0. The van der Waals surface area contributed by atoms with Gasteiger partial charge in [0.25, 0.3) is 0 Å². The quantitative estimate of drug-likeness (QED) is 0.482. The lowest BCUT2D eigenvalue weighted by Gasteiger charge is -2.05. The highest BCUT2D eigenvalue weighted by Gasteiger charge is 2.32. The molecule has 0 bridgehead atoms. The second-order valence-electron chi connectivity index (χ2n) is 6.42. The van der Waals surface area contributed by atoms with Gasteiger partial charge in [-0.2, -0.15) is 22.8 Å². The van der Waals surface area contributed by atoms with Gasteiger partial charge in [0, 0.05) is 12.4 Å². The van der Waals surface area contributed by atoms with E-state index in [2.05, 4.69) is 30.2 Å². The number of methoxy groups -OCH3 is 1. The van der Waals surface area contributed by atoms with Crippen molar-refractivity contribution in [3.05, 3.63) is 36.2 Å². The van der Waals surface area contributed by atoms with Crippen LogP contribution in [0.4, 0.5) is 23.8 Å². The summed E-state index contributed by atoms with van der Waals surface area (Å²) in [7, 11) is -2.80. The maximum absolute atomic E-state index is 13.0. The number of ether oxygens (including phenoxy) is 1. The van der Waals surface area contributed by atoms with Crippen molar-refractivity contribution in [3.8, 4) is 11.4 Å². The lowest BCUT2D eigenvalue weighted by molar-refractivity contribution is -0.137. The van der Waals surface area contributed by atoms with Crippen LogP contribution in [0.3, 0.4) is 0 Å². The summed E-state index contributed by atoms with van der Waals surface area (Å²) in [5, 5.41) is 10.1. The lowest BCUT2D eigenvalue weighted by Crippen LogP contribution is -2.14. The van der Waals surface area contributed by atoms with Gasteiger partial charge >= 0.3 is 12.3 Å². The van der Waals surface area contributed by atoms with Gasteiger partial charge in [-0.25, -0.2) is 27.7 Å². The Morgan fingerprint density at radius 3 is 2.62 bits per heavy atom. The molecule has 4 aromatic heterocycles. The molecule has 0 aliphatic heterocycles. The summed E-state index contributed by atoms with van der Waals surface area (Å²) in [5.74, 6) is -0.479. The zero-order valence-corrected chi connectivity index (χ0v) is 17.3. The lowest BCUT2D eigenvalue weighted by atomic mass is 10.3. The molecule has 168 valence electrons. The number of aromatic nitrogens is 6. The number of pyridine rings is 1. The van der Waals surface area contributed by atoms with E-state index in [0.29, 0.717) is 0 Å². The number of carbonyl (C=O) groups excluding carboxylic acids is 1. The molecule has 4 rings (SSSR count). The Morgan fingerprint density at radius 2 is 1.97 bits per heavy atom. The van der Waals surface area contributed by atoms with Crippen molar-refractivity contribution in [2.45, 2.75) is 18.1 Å². The first-order chi connectivity index (χ1) is 15.0. The Balaban J connectivity index is 1.99. The molecule has 0 aliphatic rings. The standard InChI is InChI=1S/C17H14F3N7O4S/c1-3-32(29,30)15-12(14-21-7-6-11(27(14)25-15)23-16(28)31-2)13-22-10-5-4-9(17(18,19)20)8-26(10)24-13/h4-8H,3H2,1-2H3,(H,23,28). The third kappa shape index (κ3) is 3.59. The van der Waals surface area contributed by atoms with Crippen LogP contribution < -0.4 is 5.32 Å². The third-order valence-corrected chi connectivity index (χ3v) is 6.09. The molecule has 4 aromatic rings. The molecule has 0 aromatic carbocycles. The molecule has 0 atom stereocenters. The van der Waals surface area contributed by atoms with Crippen LogP contribution in [0.5, 0.6) is 0 Å². The number of sulfone groups is 1. The minimum Gasteiger partial charge on any atom is -0.453 e. The fourth-order valence-electron chi connectivity index (χ4n) is 2.88. The van der Waals surface area contributed by atoms with E-state index in [1.807, 2.05) is 0 Å². The van der Waals surface area contributed by atoms with Crippen LogP contribution in [0.1, 0.15) is 12.5 Å².